The third-order valence-electron chi connectivity index (χ3n) is 3.16. The molecule has 1 aromatic rings. The molecule has 1 fully saturated rings. The van der Waals surface area contributed by atoms with E-state index in [9.17, 15) is 0 Å². The molecule has 2 rings (SSSR count). The highest BCUT2D eigenvalue weighted by Crippen LogP contribution is 2.18. The van der Waals surface area contributed by atoms with Crippen LogP contribution in [0.2, 0.25) is 0 Å². The number of hydrogen-bond acceptors (Lipinski definition) is 4. The van der Waals surface area contributed by atoms with Crippen molar-refractivity contribution in [3.05, 3.63) is 11.7 Å². The van der Waals surface area contributed by atoms with Gasteiger partial charge in [0.1, 0.15) is 0 Å². The molecule has 1 aliphatic heterocycles. The fourth-order valence-electron chi connectivity index (χ4n) is 1.87. The topological polar surface area (TPSA) is 51.0 Å². The molecule has 0 aromatic carbocycles. The van der Waals surface area contributed by atoms with E-state index < -0.39 is 0 Å². The van der Waals surface area contributed by atoms with E-state index in [4.69, 9.17) is 4.52 Å². The van der Waals surface area contributed by atoms with Crippen LogP contribution in [-0.4, -0.2) is 23.2 Å². The Bertz CT molecular complexity index is 305. The van der Waals surface area contributed by atoms with Gasteiger partial charge in [0.15, 0.2) is 5.82 Å². The molecule has 0 bridgehead atoms. The molecule has 0 aliphatic carbocycles. The third kappa shape index (κ3) is 2.56. The molecular formula is C11H19N3O. The minimum atomic E-state index is 0.407. The Morgan fingerprint density at radius 3 is 3.13 bits per heavy atom. The molecule has 1 N–H and O–H groups in total. The maximum atomic E-state index is 5.26. The molecule has 2 atom stereocenters. The fraction of sp³-hybridized carbons (Fsp3) is 0.818. The minimum Gasteiger partial charge on any atom is -0.339 e. The zero-order valence-electron chi connectivity index (χ0n) is 9.49. The molecule has 0 radical (unpaired) electrons. The Balaban J connectivity index is 1.94. The van der Waals surface area contributed by atoms with Gasteiger partial charge in [-0.2, -0.15) is 4.98 Å². The predicted molar refractivity (Wildman–Crippen MR) is 57.7 cm³/mol. The molecule has 84 valence electrons. The average molecular weight is 209 g/mol. The van der Waals surface area contributed by atoms with Gasteiger partial charge in [-0.25, -0.2) is 0 Å². The Morgan fingerprint density at radius 2 is 2.47 bits per heavy atom. The van der Waals surface area contributed by atoms with Gasteiger partial charge in [-0.1, -0.05) is 19.0 Å². The largest absolute Gasteiger partial charge is 0.339 e. The minimum absolute atomic E-state index is 0.407. The van der Waals surface area contributed by atoms with E-state index in [2.05, 4.69) is 29.3 Å². The Morgan fingerprint density at radius 1 is 1.60 bits per heavy atom. The zero-order valence-corrected chi connectivity index (χ0v) is 9.49. The van der Waals surface area contributed by atoms with E-state index in [0.717, 1.165) is 37.6 Å². The molecule has 0 saturated carbocycles. The molecule has 0 spiro atoms. The van der Waals surface area contributed by atoms with E-state index in [1.807, 2.05) is 0 Å². The van der Waals surface area contributed by atoms with Crippen molar-refractivity contribution in [1.82, 2.24) is 15.5 Å². The average Bonchev–Trinajstić information content (AvgIpc) is 2.88. The molecule has 15 heavy (non-hydrogen) atoms. The van der Waals surface area contributed by atoms with E-state index in [1.165, 1.54) is 6.42 Å². The van der Waals surface area contributed by atoms with E-state index in [-0.39, 0.29) is 0 Å². The molecule has 1 saturated heterocycles. The maximum absolute atomic E-state index is 5.26. The third-order valence-corrected chi connectivity index (χ3v) is 3.16. The van der Waals surface area contributed by atoms with Crippen LogP contribution in [-0.2, 0) is 6.42 Å². The van der Waals surface area contributed by atoms with Crippen molar-refractivity contribution in [3.8, 4) is 0 Å². The Hall–Kier alpha value is -0.900. The quantitative estimate of drug-likeness (QED) is 0.820. The first-order chi connectivity index (χ1) is 7.29. The van der Waals surface area contributed by atoms with Crippen molar-refractivity contribution >= 4 is 0 Å². The highest BCUT2D eigenvalue weighted by atomic mass is 16.5. The van der Waals surface area contributed by atoms with Crippen LogP contribution in [0.3, 0.4) is 0 Å². The lowest BCUT2D eigenvalue weighted by atomic mass is 10.1. The van der Waals surface area contributed by atoms with Crippen molar-refractivity contribution in [1.29, 1.82) is 0 Å². The van der Waals surface area contributed by atoms with E-state index in [1.54, 1.807) is 0 Å². The summed E-state index contributed by atoms with van der Waals surface area (Å²) in [6.07, 6.45) is 3.21. The molecule has 2 heterocycles. The standard InChI is InChI=1S/C11H19N3O/c1-3-8(2)11-13-10(15-14-11)6-9-4-5-12-7-9/h8-9,12H,3-7H2,1-2H3. The molecule has 1 aromatic heterocycles. The Labute approximate surface area is 90.4 Å². The van der Waals surface area contributed by atoms with Crippen molar-refractivity contribution in [2.45, 2.75) is 39.0 Å². The van der Waals surface area contributed by atoms with Crippen molar-refractivity contribution in [3.63, 3.8) is 0 Å². The number of nitrogens with zero attached hydrogens (tertiary/aromatic N) is 2. The number of rotatable bonds is 4. The highest BCUT2D eigenvalue weighted by Gasteiger charge is 2.19. The fourth-order valence-corrected chi connectivity index (χ4v) is 1.87. The second-order valence-corrected chi connectivity index (χ2v) is 4.42. The maximum Gasteiger partial charge on any atom is 0.226 e. The van der Waals surface area contributed by atoms with Crippen molar-refractivity contribution in [2.24, 2.45) is 5.92 Å². The monoisotopic (exact) mass is 209 g/mol. The summed E-state index contributed by atoms with van der Waals surface area (Å²) in [5.41, 5.74) is 0. The van der Waals surface area contributed by atoms with Gasteiger partial charge in [0.05, 0.1) is 0 Å². The number of hydrogen-bond donors (Lipinski definition) is 1. The van der Waals surface area contributed by atoms with Gasteiger partial charge in [-0.15, -0.1) is 0 Å². The van der Waals surface area contributed by atoms with Crippen LogP contribution < -0.4 is 5.32 Å². The van der Waals surface area contributed by atoms with Gasteiger partial charge >= 0.3 is 0 Å². The summed E-state index contributed by atoms with van der Waals surface area (Å²) in [5.74, 6) is 2.75. The Kier molecular flexibility index (Phi) is 3.36. The van der Waals surface area contributed by atoms with E-state index >= 15 is 0 Å². The summed E-state index contributed by atoms with van der Waals surface area (Å²) in [6.45, 7) is 6.48. The lowest BCUT2D eigenvalue weighted by molar-refractivity contribution is 0.351. The lowest BCUT2D eigenvalue weighted by Crippen LogP contribution is -2.10. The molecule has 4 heteroatoms. The SMILES string of the molecule is CCC(C)c1noc(CC2CCNC2)n1. The van der Waals surface area contributed by atoms with Crippen LogP contribution >= 0.6 is 0 Å². The molecule has 2 unspecified atom stereocenters. The van der Waals surface area contributed by atoms with Crippen LogP contribution in [0.15, 0.2) is 4.52 Å². The van der Waals surface area contributed by atoms with Crippen LogP contribution in [0.1, 0.15) is 44.3 Å². The first kappa shape index (κ1) is 10.6. The lowest BCUT2D eigenvalue weighted by Gasteiger charge is -2.02. The van der Waals surface area contributed by atoms with Crippen LogP contribution in [0.25, 0.3) is 0 Å². The van der Waals surface area contributed by atoms with Gasteiger partial charge in [-0.3, -0.25) is 0 Å². The van der Waals surface area contributed by atoms with Crippen LogP contribution in [0.5, 0.6) is 0 Å². The van der Waals surface area contributed by atoms with E-state index in [0.29, 0.717) is 11.8 Å². The van der Waals surface area contributed by atoms with Crippen LogP contribution in [0, 0.1) is 5.92 Å². The number of aromatic nitrogens is 2. The molecule has 1 aliphatic rings. The van der Waals surface area contributed by atoms with Crippen molar-refractivity contribution < 1.29 is 4.52 Å². The molecular weight excluding hydrogens is 190 g/mol. The smallest absolute Gasteiger partial charge is 0.226 e. The van der Waals surface area contributed by atoms with Crippen LogP contribution in [0.4, 0.5) is 0 Å². The molecule has 4 nitrogen and oxygen atoms in total. The van der Waals surface area contributed by atoms with Gasteiger partial charge in [0.2, 0.25) is 5.89 Å². The highest BCUT2D eigenvalue weighted by molar-refractivity contribution is 4.94. The normalized spacial score (nSPS) is 23.2. The summed E-state index contributed by atoms with van der Waals surface area (Å²) in [7, 11) is 0. The summed E-state index contributed by atoms with van der Waals surface area (Å²) in [6, 6.07) is 0. The summed E-state index contributed by atoms with van der Waals surface area (Å²) < 4.78 is 5.26. The summed E-state index contributed by atoms with van der Waals surface area (Å²) in [4.78, 5) is 4.44. The van der Waals surface area contributed by atoms with Gasteiger partial charge in [-0.05, 0) is 31.8 Å². The van der Waals surface area contributed by atoms with Gasteiger partial charge in [0.25, 0.3) is 0 Å². The van der Waals surface area contributed by atoms with Gasteiger partial charge in [0, 0.05) is 12.3 Å². The second kappa shape index (κ2) is 4.75. The summed E-state index contributed by atoms with van der Waals surface area (Å²) in [5, 5.41) is 7.37. The first-order valence-electron chi connectivity index (χ1n) is 5.82. The zero-order chi connectivity index (χ0) is 10.7. The van der Waals surface area contributed by atoms with Gasteiger partial charge < -0.3 is 9.84 Å². The predicted octanol–water partition coefficient (Wildman–Crippen LogP) is 1.74. The summed E-state index contributed by atoms with van der Waals surface area (Å²) >= 11 is 0. The van der Waals surface area contributed by atoms with Crippen molar-refractivity contribution in [2.75, 3.05) is 13.1 Å². The first-order valence-corrected chi connectivity index (χ1v) is 5.82. The second-order valence-electron chi connectivity index (χ2n) is 4.42. The number of nitrogens with one attached hydrogen (secondary N) is 1. The molecule has 0 amide bonds.